The van der Waals surface area contributed by atoms with E-state index in [-0.39, 0.29) is 27.1 Å². The number of hydrogen-bond acceptors (Lipinski definition) is 5. The van der Waals surface area contributed by atoms with Gasteiger partial charge in [0.25, 0.3) is 11.8 Å². The molecule has 6 nitrogen and oxygen atoms in total. The molecule has 1 aromatic carbocycles. The van der Waals surface area contributed by atoms with Gasteiger partial charge >= 0.3 is 5.97 Å². The van der Waals surface area contributed by atoms with Crippen LogP contribution in [-0.4, -0.2) is 23.9 Å². The van der Waals surface area contributed by atoms with Crippen LogP contribution in [0.25, 0.3) is 0 Å². The van der Waals surface area contributed by atoms with Crippen molar-refractivity contribution in [2.45, 2.75) is 26.9 Å². The Labute approximate surface area is 147 Å². The molecule has 25 heavy (non-hydrogen) atoms. The number of anilines is 1. The molecule has 1 aromatic heterocycles. The van der Waals surface area contributed by atoms with Crippen molar-refractivity contribution in [2.75, 3.05) is 5.32 Å². The third-order valence-corrected chi connectivity index (χ3v) is 4.45. The van der Waals surface area contributed by atoms with E-state index in [1.165, 1.54) is 25.1 Å². The maximum atomic E-state index is 13.7. The van der Waals surface area contributed by atoms with Gasteiger partial charge in [0.05, 0.1) is 17.2 Å². The van der Waals surface area contributed by atoms with Gasteiger partial charge in [-0.2, -0.15) is 0 Å². The number of primary amides is 1. The lowest BCUT2D eigenvalue weighted by Gasteiger charge is -2.06. The number of hydrogen-bond donors (Lipinski definition) is 2. The van der Waals surface area contributed by atoms with Crippen LogP contribution in [0.15, 0.2) is 24.3 Å². The van der Waals surface area contributed by atoms with Gasteiger partial charge in [-0.3, -0.25) is 9.59 Å². The predicted octanol–water partition coefficient (Wildman–Crippen LogP) is 3.11. The minimum atomic E-state index is -0.804. The Hall–Kier alpha value is -2.74. The van der Waals surface area contributed by atoms with E-state index in [0.29, 0.717) is 5.56 Å². The van der Waals surface area contributed by atoms with Gasteiger partial charge < -0.3 is 15.8 Å². The van der Waals surface area contributed by atoms with Crippen molar-refractivity contribution < 1.29 is 23.5 Å². The minimum absolute atomic E-state index is 0.00500. The van der Waals surface area contributed by atoms with E-state index in [4.69, 9.17) is 10.5 Å². The number of nitrogens with one attached hydrogen (secondary N) is 1. The molecule has 0 atom stereocenters. The average Bonchev–Trinajstić information content (AvgIpc) is 2.83. The number of rotatable bonds is 5. The van der Waals surface area contributed by atoms with Crippen molar-refractivity contribution in [1.29, 1.82) is 0 Å². The van der Waals surface area contributed by atoms with Crippen LogP contribution >= 0.6 is 11.3 Å². The molecule has 0 spiro atoms. The molecule has 0 aliphatic rings. The first-order chi connectivity index (χ1) is 11.7. The molecule has 0 unspecified atom stereocenters. The molecular formula is C17H17FN2O4S. The summed E-state index contributed by atoms with van der Waals surface area (Å²) in [7, 11) is 0. The molecule has 0 saturated carbocycles. The first-order valence-electron chi connectivity index (χ1n) is 7.42. The molecule has 132 valence electrons. The number of thiophene rings is 1. The van der Waals surface area contributed by atoms with Crippen molar-refractivity contribution in [3.8, 4) is 0 Å². The molecule has 3 N–H and O–H groups in total. The molecule has 0 aliphatic heterocycles. The summed E-state index contributed by atoms with van der Waals surface area (Å²) < 4.78 is 18.9. The lowest BCUT2D eigenvalue weighted by molar-refractivity contribution is 0.0383. The first-order valence-corrected chi connectivity index (χ1v) is 8.24. The van der Waals surface area contributed by atoms with Gasteiger partial charge in [-0.15, -0.1) is 11.3 Å². The van der Waals surface area contributed by atoms with E-state index in [1.807, 2.05) is 0 Å². The van der Waals surface area contributed by atoms with Crippen molar-refractivity contribution in [3.05, 3.63) is 51.7 Å². The van der Waals surface area contributed by atoms with Crippen LogP contribution in [0.1, 0.15) is 49.8 Å². The molecule has 0 saturated heterocycles. The second-order valence-corrected chi connectivity index (χ2v) is 6.53. The van der Waals surface area contributed by atoms with Gasteiger partial charge in [-0.25, -0.2) is 9.18 Å². The van der Waals surface area contributed by atoms with E-state index in [9.17, 15) is 18.8 Å². The number of carbonyl (C=O) groups is 3. The third-order valence-electron chi connectivity index (χ3n) is 3.27. The normalized spacial score (nSPS) is 10.6. The van der Waals surface area contributed by atoms with Gasteiger partial charge in [-0.05, 0) is 38.5 Å². The van der Waals surface area contributed by atoms with Crippen LogP contribution in [0.5, 0.6) is 0 Å². The summed E-state index contributed by atoms with van der Waals surface area (Å²) in [6, 6.07) is 5.42. The summed E-state index contributed by atoms with van der Waals surface area (Å²) >= 11 is 0.864. The maximum absolute atomic E-state index is 13.7. The standard InChI is InChI=1S/C17H17FN2O4S/c1-8(2)24-17(23)13-9(3)12(14(19)21)16(25-13)20-15(22)10-6-4-5-7-11(10)18/h4-8H,1-3H3,(H2,19,21)(H,20,22). The molecule has 0 fully saturated rings. The highest BCUT2D eigenvalue weighted by Gasteiger charge is 2.26. The average molecular weight is 364 g/mol. The van der Waals surface area contributed by atoms with Crippen molar-refractivity contribution in [3.63, 3.8) is 0 Å². The Morgan fingerprint density at radius 3 is 2.44 bits per heavy atom. The molecule has 2 rings (SSSR count). The van der Waals surface area contributed by atoms with E-state index >= 15 is 0 Å². The Morgan fingerprint density at radius 1 is 1.24 bits per heavy atom. The maximum Gasteiger partial charge on any atom is 0.348 e. The Bertz CT molecular complexity index is 845. The Morgan fingerprint density at radius 2 is 1.88 bits per heavy atom. The van der Waals surface area contributed by atoms with Crippen LogP contribution in [0.3, 0.4) is 0 Å². The molecule has 0 radical (unpaired) electrons. The molecule has 0 aliphatic carbocycles. The first kappa shape index (κ1) is 18.6. The van der Waals surface area contributed by atoms with Crippen LogP contribution in [0, 0.1) is 12.7 Å². The summed E-state index contributed by atoms with van der Waals surface area (Å²) in [5.74, 6) is -2.87. The van der Waals surface area contributed by atoms with Crippen LogP contribution in [0.4, 0.5) is 9.39 Å². The molecule has 8 heteroatoms. The molecule has 2 aromatic rings. The molecule has 1 heterocycles. The summed E-state index contributed by atoms with van der Waals surface area (Å²) in [6.45, 7) is 4.92. The number of benzene rings is 1. The number of halogens is 1. The van der Waals surface area contributed by atoms with Gasteiger partial charge in [0.1, 0.15) is 15.7 Å². The highest BCUT2D eigenvalue weighted by molar-refractivity contribution is 7.18. The fourth-order valence-corrected chi connectivity index (χ4v) is 3.27. The summed E-state index contributed by atoms with van der Waals surface area (Å²) in [6.07, 6.45) is -0.345. The fourth-order valence-electron chi connectivity index (χ4n) is 2.18. The number of ether oxygens (including phenoxy) is 1. The largest absolute Gasteiger partial charge is 0.459 e. The Kier molecular flexibility index (Phi) is 5.53. The van der Waals surface area contributed by atoms with Crippen molar-refractivity contribution >= 4 is 34.1 Å². The molecule has 0 bridgehead atoms. The zero-order valence-electron chi connectivity index (χ0n) is 13.9. The quantitative estimate of drug-likeness (QED) is 0.797. The minimum Gasteiger partial charge on any atom is -0.459 e. The van der Waals surface area contributed by atoms with Crippen LogP contribution in [0.2, 0.25) is 0 Å². The fraction of sp³-hybridized carbons (Fsp3) is 0.235. The van der Waals surface area contributed by atoms with Gasteiger partial charge in [0.2, 0.25) is 0 Å². The second-order valence-electron chi connectivity index (χ2n) is 5.51. The topological polar surface area (TPSA) is 98.5 Å². The third kappa shape index (κ3) is 4.03. The van der Waals surface area contributed by atoms with Gasteiger partial charge in [0.15, 0.2) is 0 Å². The van der Waals surface area contributed by atoms with Crippen molar-refractivity contribution in [1.82, 2.24) is 0 Å². The highest BCUT2D eigenvalue weighted by Crippen LogP contribution is 2.34. The lowest BCUT2D eigenvalue weighted by atomic mass is 10.1. The Balaban J connectivity index is 2.40. The monoisotopic (exact) mass is 364 g/mol. The lowest BCUT2D eigenvalue weighted by Crippen LogP contribution is -2.18. The number of amides is 2. The zero-order chi connectivity index (χ0) is 18.7. The SMILES string of the molecule is Cc1c(C(=O)OC(C)C)sc(NC(=O)c2ccccc2F)c1C(N)=O. The summed E-state index contributed by atoms with van der Waals surface area (Å²) in [5.41, 5.74) is 5.50. The van der Waals surface area contributed by atoms with Crippen LogP contribution in [-0.2, 0) is 4.74 Å². The van der Waals surface area contributed by atoms with E-state index in [2.05, 4.69) is 5.32 Å². The zero-order valence-corrected chi connectivity index (χ0v) is 14.7. The second kappa shape index (κ2) is 7.43. The summed E-state index contributed by atoms with van der Waals surface area (Å²) in [5, 5.41) is 2.53. The van der Waals surface area contributed by atoms with E-state index in [0.717, 1.165) is 17.4 Å². The summed E-state index contributed by atoms with van der Waals surface area (Å²) in [4.78, 5) is 36.3. The van der Waals surface area contributed by atoms with E-state index < -0.39 is 23.6 Å². The molecule has 2 amide bonds. The van der Waals surface area contributed by atoms with Crippen LogP contribution < -0.4 is 11.1 Å². The van der Waals surface area contributed by atoms with E-state index in [1.54, 1.807) is 13.8 Å². The smallest absolute Gasteiger partial charge is 0.348 e. The van der Waals surface area contributed by atoms with Gasteiger partial charge in [0, 0.05) is 0 Å². The van der Waals surface area contributed by atoms with Gasteiger partial charge in [-0.1, -0.05) is 12.1 Å². The number of nitrogens with two attached hydrogens (primary N) is 1. The number of esters is 1. The number of carbonyl (C=O) groups excluding carboxylic acids is 3. The highest BCUT2D eigenvalue weighted by atomic mass is 32.1. The predicted molar refractivity (Wildman–Crippen MR) is 92.5 cm³/mol. The molecular weight excluding hydrogens is 347 g/mol. The van der Waals surface area contributed by atoms with Crippen molar-refractivity contribution in [2.24, 2.45) is 5.73 Å².